The summed E-state index contributed by atoms with van der Waals surface area (Å²) in [6.45, 7) is 6.54. The highest BCUT2D eigenvalue weighted by atomic mass is 16.5. The number of carbonyl (C=O) groups is 1. The molecule has 0 atom stereocenters. The molecule has 0 heterocycles. The van der Waals surface area contributed by atoms with Crippen LogP contribution < -0.4 is 14.8 Å². The number of aryl methyl sites for hydroxylation is 2. The number of rotatable bonds is 6. The minimum Gasteiger partial charge on any atom is -0.497 e. The third kappa shape index (κ3) is 4.74. The molecule has 122 valence electrons. The molecule has 4 heteroatoms. The summed E-state index contributed by atoms with van der Waals surface area (Å²) in [5.41, 5.74) is 4.38. The number of hydrogen-bond acceptors (Lipinski definition) is 3. The number of methoxy groups -OCH3 is 1. The van der Waals surface area contributed by atoms with Gasteiger partial charge in [-0.2, -0.15) is 0 Å². The molecule has 23 heavy (non-hydrogen) atoms. The number of benzene rings is 2. The average molecular weight is 313 g/mol. The van der Waals surface area contributed by atoms with Crippen molar-refractivity contribution in [3.8, 4) is 11.5 Å². The summed E-state index contributed by atoms with van der Waals surface area (Å²) >= 11 is 0. The van der Waals surface area contributed by atoms with E-state index in [4.69, 9.17) is 9.47 Å². The van der Waals surface area contributed by atoms with Gasteiger partial charge < -0.3 is 14.8 Å². The highest BCUT2D eigenvalue weighted by molar-refractivity contribution is 5.77. The molecule has 0 fully saturated rings. The smallest absolute Gasteiger partial charge is 0.258 e. The molecule has 0 aliphatic rings. The van der Waals surface area contributed by atoms with E-state index >= 15 is 0 Å². The summed E-state index contributed by atoms with van der Waals surface area (Å²) in [4.78, 5) is 11.9. The van der Waals surface area contributed by atoms with Crippen LogP contribution in [0.5, 0.6) is 11.5 Å². The van der Waals surface area contributed by atoms with Gasteiger partial charge in [-0.25, -0.2) is 0 Å². The van der Waals surface area contributed by atoms with Crippen molar-refractivity contribution < 1.29 is 14.3 Å². The Kier molecular flexibility index (Phi) is 5.63. The van der Waals surface area contributed by atoms with Gasteiger partial charge in [-0.05, 0) is 61.2 Å². The quantitative estimate of drug-likeness (QED) is 0.890. The maximum atomic E-state index is 11.9. The molecule has 4 nitrogen and oxygen atoms in total. The van der Waals surface area contributed by atoms with E-state index in [0.717, 1.165) is 28.2 Å². The molecule has 1 amide bonds. The van der Waals surface area contributed by atoms with Gasteiger partial charge in [0.25, 0.3) is 5.91 Å². The Morgan fingerprint density at radius 1 is 1.09 bits per heavy atom. The predicted molar refractivity (Wildman–Crippen MR) is 91.0 cm³/mol. The van der Waals surface area contributed by atoms with Crippen LogP contribution in [0.4, 0.5) is 0 Å². The summed E-state index contributed by atoms with van der Waals surface area (Å²) < 4.78 is 10.8. The Hall–Kier alpha value is -2.49. The summed E-state index contributed by atoms with van der Waals surface area (Å²) in [7, 11) is 1.63. The molecular weight excluding hydrogens is 290 g/mol. The van der Waals surface area contributed by atoms with Crippen molar-refractivity contribution in [2.45, 2.75) is 27.3 Å². The van der Waals surface area contributed by atoms with Crippen LogP contribution in [0.2, 0.25) is 0 Å². The molecule has 0 spiro atoms. The van der Waals surface area contributed by atoms with Crippen LogP contribution in [0.3, 0.4) is 0 Å². The van der Waals surface area contributed by atoms with Crippen molar-refractivity contribution in [3.63, 3.8) is 0 Å². The van der Waals surface area contributed by atoms with Crippen LogP contribution in [0.15, 0.2) is 36.4 Å². The van der Waals surface area contributed by atoms with E-state index in [0.29, 0.717) is 6.54 Å². The molecular formula is C19H23NO3. The minimum atomic E-state index is -0.139. The van der Waals surface area contributed by atoms with Gasteiger partial charge >= 0.3 is 0 Å². The fourth-order valence-corrected chi connectivity index (χ4v) is 2.29. The third-order valence-electron chi connectivity index (χ3n) is 3.77. The van der Waals surface area contributed by atoms with E-state index in [1.807, 2.05) is 51.1 Å². The Morgan fingerprint density at radius 3 is 2.43 bits per heavy atom. The first-order chi connectivity index (χ1) is 11.0. The second kappa shape index (κ2) is 7.68. The lowest BCUT2D eigenvalue weighted by atomic mass is 10.1. The van der Waals surface area contributed by atoms with Crippen LogP contribution in [0.25, 0.3) is 0 Å². The van der Waals surface area contributed by atoms with Crippen LogP contribution in [0.1, 0.15) is 22.3 Å². The lowest BCUT2D eigenvalue weighted by Crippen LogP contribution is -2.28. The zero-order valence-electron chi connectivity index (χ0n) is 14.1. The minimum absolute atomic E-state index is 0.0138. The Labute approximate surface area is 137 Å². The lowest BCUT2D eigenvalue weighted by molar-refractivity contribution is -0.123. The van der Waals surface area contributed by atoms with Gasteiger partial charge in [0.2, 0.25) is 0 Å². The number of nitrogens with one attached hydrogen (secondary N) is 1. The number of ether oxygens (including phenoxy) is 2. The SMILES string of the molecule is COc1ccc(CNC(=O)COc2cc(C)cc(C)c2C)cc1. The van der Waals surface area contributed by atoms with Gasteiger partial charge in [0.05, 0.1) is 7.11 Å². The maximum absolute atomic E-state index is 11.9. The Morgan fingerprint density at radius 2 is 1.78 bits per heavy atom. The first kappa shape index (κ1) is 16.9. The molecule has 2 aromatic rings. The van der Waals surface area contributed by atoms with E-state index < -0.39 is 0 Å². The number of hydrogen-bond donors (Lipinski definition) is 1. The monoisotopic (exact) mass is 313 g/mol. The predicted octanol–water partition coefficient (Wildman–Crippen LogP) is 3.32. The Bertz CT molecular complexity index is 678. The van der Waals surface area contributed by atoms with Gasteiger partial charge in [0.15, 0.2) is 6.61 Å². The number of amides is 1. The topological polar surface area (TPSA) is 47.6 Å². The van der Waals surface area contributed by atoms with E-state index in [2.05, 4.69) is 11.4 Å². The Balaban J connectivity index is 1.85. The number of carbonyl (C=O) groups excluding carboxylic acids is 1. The first-order valence-corrected chi connectivity index (χ1v) is 7.60. The van der Waals surface area contributed by atoms with Gasteiger partial charge in [-0.3, -0.25) is 4.79 Å². The molecule has 0 radical (unpaired) electrons. The van der Waals surface area contributed by atoms with Crippen LogP contribution in [-0.4, -0.2) is 19.6 Å². The maximum Gasteiger partial charge on any atom is 0.258 e. The molecule has 0 aliphatic heterocycles. The van der Waals surface area contributed by atoms with Crippen molar-refractivity contribution in [1.82, 2.24) is 5.32 Å². The largest absolute Gasteiger partial charge is 0.497 e. The van der Waals surface area contributed by atoms with E-state index in [1.165, 1.54) is 5.56 Å². The van der Waals surface area contributed by atoms with Crippen LogP contribution >= 0.6 is 0 Å². The molecule has 2 aromatic carbocycles. The van der Waals surface area contributed by atoms with Crippen molar-refractivity contribution >= 4 is 5.91 Å². The molecule has 0 saturated carbocycles. The van der Waals surface area contributed by atoms with Crippen LogP contribution in [-0.2, 0) is 11.3 Å². The van der Waals surface area contributed by atoms with Crippen molar-refractivity contribution in [2.75, 3.05) is 13.7 Å². The molecule has 0 saturated heterocycles. The standard InChI is InChI=1S/C19H23NO3/c1-13-9-14(2)15(3)18(10-13)23-12-19(21)20-11-16-5-7-17(22-4)8-6-16/h5-10H,11-12H2,1-4H3,(H,20,21). The summed E-state index contributed by atoms with van der Waals surface area (Å²) in [6, 6.07) is 11.7. The summed E-state index contributed by atoms with van der Waals surface area (Å²) in [5.74, 6) is 1.43. The first-order valence-electron chi connectivity index (χ1n) is 7.60. The van der Waals surface area contributed by atoms with Gasteiger partial charge in [-0.15, -0.1) is 0 Å². The molecule has 0 aromatic heterocycles. The zero-order chi connectivity index (χ0) is 16.8. The van der Waals surface area contributed by atoms with E-state index in [1.54, 1.807) is 7.11 Å². The normalized spacial score (nSPS) is 10.3. The second-order valence-corrected chi connectivity index (χ2v) is 5.62. The van der Waals surface area contributed by atoms with E-state index in [9.17, 15) is 4.79 Å². The zero-order valence-corrected chi connectivity index (χ0v) is 14.1. The third-order valence-corrected chi connectivity index (χ3v) is 3.77. The fourth-order valence-electron chi connectivity index (χ4n) is 2.29. The van der Waals surface area contributed by atoms with Gasteiger partial charge in [-0.1, -0.05) is 18.2 Å². The van der Waals surface area contributed by atoms with Crippen molar-refractivity contribution in [3.05, 3.63) is 58.7 Å². The second-order valence-electron chi connectivity index (χ2n) is 5.62. The van der Waals surface area contributed by atoms with Gasteiger partial charge in [0, 0.05) is 6.54 Å². The summed E-state index contributed by atoms with van der Waals surface area (Å²) in [6.07, 6.45) is 0. The fraction of sp³-hybridized carbons (Fsp3) is 0.316. The average Bonchev–Trinajstić information content (AvgIpc) is 2.55. The highest BCUT2D eigenvalue weighted by Gasteiger charge is 2.07. The summed E-state index contributed by atoms with van der Waals surface area (Å²) in [5, 5.41) is 2.85. The molecule has 0 bridgehead atoms. The van der Waals surface area contributed by atoms with Crippen LogP contribution in [0, 0.1) is 20.8 Å². The van der Waals surface area contributed by atoms with Crippen molar-refractivity contribution in [1.29, 1.82) is 0 Å². The molecule has 1 N–H and O–H groups in total. The van der Waals surface area contributed by atoms with Crippen molar-refractivity contribution in [2.24, 2.45) is 0 Å². The molecule has 0 unspecified atom stereocenters. The lowest BCUT2D eigenvalue weighted by Gasteiger charge is -2.12. The van der Waals surface area contributed by atoms with Gasteiger partial charge in [0.1, 0.15) is 11.5 Å². The van der Waals surface area contributed by atoms with E-state index in [-0.39, 0.29) is 12.5 Å². The molecule has 0 aliphatic carbocycles. The molecule has 2 rings (SSSR count). The highest BCUT2D eigenvalue weighted by Crippen LogP contribution is 2.23.